The molecule has 2 aromatic carbocycles. The first kappa shape index (κ1) is 16.0. The summed E-state index contributed by atoms with van der Waals surface area (Å²) in [5.74, 6) is -0.364. The molecule has 1 aliphatic rings. The van der Waals surface area contributed by atoms with Crippen molar-refractivity contribution in [3.8, 4) is 0 Å². The Bertz CT molecular complexity index is 841. The zero-order chi connectivity index (χ0) is 16.6. The standard InChI is InChI=1S/C18H13BrClNO2/c1-10(22)17-15-7-2-12(19)8-11(15)9-16(17)18(23)21-14-5-3-13(20)4-6-14/h2-8H,9H2,1H3,(H,21,23). The van der Waals surface area contributed by atoms with Gasteiger partial charge in [0, 0.05) is 32.7 Å². The van der Waals surface area contributed by atoms with E-state index < -0.39 is 0 Å². The minimum Gasteiger partial charge on any atom is -0.322 e. The summed E-state index contributed by atoms with van der Waals surface area (Å²) in [6, 6.07) is 12.6. The van der Waals surface area contributed by atoms with Crippen LogP contribution in [0.3, 0.4) is 0 Å². The molecule has 0 saturated carbocycles. The third-order valence-corrected chi connectivity index (χ3v) is 4.48. The number of hydrogen-bond donors (Lipinski definition) is 1. The highest BCUT2D eigenvalue weighted by Gasteiger charge is 2.28. The average molecular weight is 391 g/mol. The Morgan fingerprint density at radius 1 is 1.13 bits per heavy atom. The van der Waals surface area contributed by atoms with E-state index in [1.54, 1.807) is 24.3 Å². The zero-order valence-corrected chi connectivity index (χ0v) is 14.7. The molecule has 0 spiro atoms. The predicted octanol–water partition coefficient (Wildman–Crippen LogP) is 4.64. The molecule has 1 amide bonds. The van der Waals surface area contributed by atoms with E-state index >= 15 is 0 Å². The molecule has 23 heavy (non-hydrogen) atoms. The highest BCUT2D eigenvalue weighted by molar-refractivity contribution is 9.10. The third-order valence-electron chi connectivity index (χ3n) is 3.73. The van der Waals surface area contributed by atoms with Crippen molar-refractivity contribution in [2.75, 3.05) is 5.32 Å². The first-order chi connectivity index (χ1) is 11.0. The van der Waals surface area contributed by atoms with Crippen LogP contribution in [0.5, 0.6) is 0 Å². The Kier molecular flexibility index (Phi) is 4.37. The van der Waals surface area contributed by atoms with E-state index in [4.69, 9.17) is 11.6 Å². The quantitative estimate of drug-likeness (QED) is 0.830. The van der Waals surface area contributed by atoms with Crippen molar-refractivity contribution in [2.45, 2.75) is 13.3 Å². The van der Waals surface area contributed by atoms with Crippen molar-refractivity contribution in [1.82, 2.24) is 0 Å². The lowest BCUT2D eigenvalue weighted by Crippen LogP contribution is -2.16. The fraction of sp³-hybridized carbons (Fsp3) is 0.111. The minimum absolute atomic E-state index is 0.104. The van der Waals surface area contributed by atoms with E-state index in [1.807, 2.05) is 18.2 Å². The maximum Gasteiger partial charge on any atom is 0.252 e. The number of allylic oxidation sites excluding steroid dienone is 1. The largest absolute Gasteiger partial charge is 0.322 e. The highest BCUT2D eigenvalue weighted by Crippen LogP contribution is 2.35. The van der Waals surface area contributed by atoms with Gasteiger partial charge >= 0.3 is 0 Å². The monoisotopic (exact) mass is 389 g/mol. The smallest absolute Gasteiger partial charge is 0.252 e. The molecule has 3 nitrogen and oxygen atoms in total. The summed E-state index contributed by atoms with van der Waals surface area (Å²) >= 11 is 9.27. The number of amides is 1. The fourth-order valence-corrected chi connectivity index (χ4v) is 3.26. The van der Waals surface area contributed by atoms with Crippen molar-refractivity contribution in [2.24, 2.45) is 0 Å². The lowest BCUT2D eigenvalue weighted by molar-refractivity contribution is -0.114. The first-order valence-corrected chi connectivity index (χ1v) is 8.22. The number of anilines is 1. The van der Waals surface area contributed by atoms with Gasteiger partial charge in [0.05, 0.1) is 0 Å². The molecule has 0 aliphatic heterocycles. The SMILES string of the molecule is CC(=O)C1=C(C(=O)Nc2ccc(Cl)cc2)Cc2cc(Br)ccc21. The van der Waals surface area contributed by atoms with Crippen LogP contribution in [0.4, 0.5) is 5.69 Å². The summed E-state index contributed by atoms with van der Waals surface area (Å²) in [6.07, 6.45) is 0.448. The number of benzene rings is 2. The summed E-state index contributed by atoms with van der Waals surface area (Å²) in [7, 11) is 0. The van der Waals surface area contributed by atoms with Crippen molar-refractivity contribution >= 4 is 50.5 Å². The molecule has 5 heteroatoms. The molecule has 0 unspecified atom stereocenters. The molecule has 0 aromatic heterocycles. The van der Waals surface area contributed by atoms with Gasteiger partial charge in [0.25, 0.3) is 5.91 Å². The number of carbonyl (C=O) groups excluding carboxylic acids is 2. The number of rotatable bonds is 3. The van der Waals surface area contributed by atoms with Gasteiger partial charge in [-0.05, 0) is 54.4 Å². The van der Waals surface area contributed by atoms with Gasteiger partial charge in [0.15, 0.2) is 5.78 Å². The molecule has 3 rings (SSSR count). The van der Waals surface area contributed by atoms with Crippen LogP contribution in [0.1, 0.15) is 18.1 Å². The van der Waals surface area contributed by atoms with Crippen molar-refractivity contribution in [1.29, 1.82) is 0 Å². The minimum atomic E-state index is -0.259. The van der Waals surface area contributed by atoms with Crippen molar-refractivity contribution in [3.63, 3.8) is 0 Å². The van der Waals surface area contributed by atoms with Gasteiger partial charge in [-0.1, -0.05) is 33.6 Å². The molecule has 2 aromatic rings. The molecular weight excluding hydrogens is 378 g/mol. The predicted molar refractivity (Wildman–Crippen MR) is 95.5 cm³/mol. The molecule has 0 bridgehead atoms. The van der Waals surface area contributed by atoms with E-state index in [0.717, 1.165) is 15.6 Å². The average Bonchev–Trinajstić information content (AvgIpc) is 2.88. The number of fused-ring (bicyclic) bond motifs is 1. The van der Waals surface area contributed by atoms with E-state index in [-0.39, 0.29) is 11.7 Å². The van der Waals surface area contributed by atoms with Crippen LogP contribution in [0.15, 0.2) is 52.5 Å². The number of hydrogen-bond acceptors (Lipinski definition) is 2. The van der Waals surface area contributed by atoms with Crippen LogP contribution < -0.4 is 5.32 Å². The molecule has 116 valence electrons. The van der Waals surface area contributed by atoms with E-state index in [1.165, 1.54) is 6.92 Å². The van der Waals surface area contributed by atoms with E-state index in [9.17, 15) is 9.59 Å². The summed E-state index contributed by atoms with van der Waals surface area (Å²) < 4.78 is 0.929. The Hall–Kier alpha value is -1.91. The first-order valence-electron chi connectivity index (χ1n) is 7.05. The third kappa shape index (κ3) is 3.23. The van der Waals surface area contributed by atoms with Gasteiger partial charge in [0.2, 0.25) is 0 Å². The van der Waals surface area contributed by atoms with Crippen LogP contribution in [-0.4, -0.2) is 11.7 Å². The molecule has 0 radical (unpaired) electrons. The molecule has 1 N–H and O–H groups in total. The van der Waals surface area contributed by atoms with Crippen LogP contribution in [0.2, 0.25) is 5.02 Å². The van der Waals surface area contributed by atoms with Gasteiger partial charge in [-0.2, -0.15) is 0 Å². The summed E-state index contributed by atoms with van der Waals surface area (Å²) in [5.41, 5.74) is 3.46. The Balaban J connectivity index is 1.94. The van der Waals surface area contributed by atoms with Gasteiger partial charge in [-0.25, -0.2) is 0 Å². The second-order valence-corrected chi connectivity index (χ2v) is 6.70. The summed E-state index contributed by atoms with van der Waals surface area (Å²) in [4.78, 5) is 24.6. The van der Waals surface area contributed by atoms with Crippen LogP contribution in [0.25, 0.3) is 5.57 Å². The second-order valence-electron chi connectivity index (χ2n) is 5.35. The van der Waals surface area contributed by atoms with Gasteiger partial charge < -0.3 is 5.32 Å². The summed E-state index contributed by atoms with van der Waals surface area (Å²) in [6.45, 7) is 1.49. The highest BCUT2D eigenvalue weighted by atomic mass is 79.9. The number of Topliss-reactive ketones (excluding diaryl/α,β-unsaturated/α-hetero) is 1. The van der Waals surface area contributed by atoms with Gasteiger partial charge in [-0.3, -0.25) is 9.59 Å². The number of nitrogens with one attached hydrogen (secondary N) is 1. The molecular formula is C18H13BrClNO2. The molecule has 1 aliphatic carbocycles. The fourth-order valence-electron chi connectivity index (χ4n) is 2.73. The Morgan fingerprint density at radius 3 is 2.48 bits per heavy atom. The lowest BCUT2D eigenvalue weighted by atomic mass is 10.0. The topological polar surface area (TPSA) is 46.2 Å². The maximum atomic E-state index is 12.6. The van der Waals surface area contributed by atoms with Crippen molar-refractivity contribution in [3.05, 3.63) is 68.7 Å². The van der Waals surface area contributed by atoms with Gasteiger partial charge in [-0.15, -0.1) is 0 Å². The number of carbonyl (C=O) groups is 2. The Labute approximate surface area is 147 Å². The van der Waals surface area contributed by atoms with Crippen LogP contribution in [-0.2, 0) is 16.0 Å². The zero-order valence-electron chi connectivity index (χ0n) is 12.3. The van der Waals surface area contributed by atoms with Gasteiger partial charge in [0.1, 0.15) is 0 Å². The normalized spacial score (nSPS) is 13.0. The van der Waals surface area contributed by atoms with Crippen LogP contribution in [0, 0.1) is 0 Å². The van der Waals surface area contributed by atoms with Crippen LogP contribution >= 0.6 is 27.5 Å². The molecule has 0 atom stereocenters. The summed E-state index contributed by atoms with van der Waals surface area (Å²) in [5, 5.41) is 3.43. The van der Waals surface area contributed by atoms with E-state index in [2.05, 4.69) is 21.2 Å². The molecule has 0 heterocycles. The molecule has 0 fully saturated rings. The maximum absolute atomic E-state index is 12.6. The Morgan fingerprint density at radius 2 is 1.83 bits per heavy atom. The van der Waals surface area contributed by atoms with E-state index in [0.29, 0.717) is 28.3 Å². The number of halogens is 2. The number of ketones is 1. The molecule has 0 saturated heterocycles. The second kappa shape index (κ2) is 6.30. The van der Waals surface area contributed by atoms with Crippen molar-refractivity contribution < 1.29 is 9.59 Å². The lowest BCUT2D eigenvalue weighted by Gasteiger charge is -2.07.